The summed E-state index contributed by atoms with van der Waals surface area (Å²) in [5.74, 6) is -0.259. The number of hydrogen-bond acceptors (Lipinski definition) is 3. The van der Waals surface area contributed by atoms with Gasteiger partial charge in [-0.05, 0) is 29.8 Å². The highest BCUT2D eigenvalue weighted by molar-refractivity contribution is 7.99. The number of nitrogens with one attached hydrogen (secondary N) is 1. The van der Waals surface area contributed by atoms with Gasteiger partial charge in [-0.25, -0.2) is 4.39 Å². The van der Waals surface area contributed by atoms with Crippen molar-refractivity contribution in [3.05, 3.63) is 53.8 Å². The Morgan fingerprint density at radius 1 is 1.30 bits per heavy atom. The Kier molecular flexibility index (Phi) is 3.36. The van der Waals surface area contributed by atoms with Gasteiger partial charge in [0.2, 0.25) is 5.91 Å². The lowest BCUT2D eigenvalue weighted by Gasteiger charge is -2.12. The molecule has 0 aliphatic carbocycles. The van der Waals surface area contributed by atoms with Crippen LogP contribution in [0.15, 0.2) is 47.4 Å². The molecule has 1 heterocycles. The Bertz CT molecular complexity index is 675. The van der Waals surface area contributed by atoms with Crippen molar-refractivity contribution in [2.45, 2.75) is 10.8 Å². The average Bonchev–Trinajstić information content (AvgIpc) is 2.87. The van der Waals surface area contributed by atoms with E-state index in [0.29, 0.717) is 11.4 Å². The molecular weight excluding hydrogens is 275 g/mol. The molecule has 3 nitrogen and oxygen atoms in total. The van der Waals surface area contributed by atoms with Crippen LogP contribution in [0.25, 0.3) is 0 Å². The highest BCUT2D eigenvalue weighted by atomic mass is 32.2. The van der Waals surface area contributed by atoms with Gasteiger partial charge < -0.3 is 11.1 Å². The van der Waals surface area contributed by atoms with Crippen LogP contribution in [0, 0.1) is 5.82 Å². The summed E-state index contributed by atoms with van der Waals surface area (Å²) in [6.07, 6.45) is 0. The molecule has 0 aromatic heterocycles. The normalized spacial score (nSPS) is 16.8. The van der Waals surface area contributed by atoms with Crippen LogP contribution in [0.5, 0.6) is 0 Å². The van der Waals surface area contributed by atoms with Crippen LogP contribution >= 0.6 is 11.8 Å². The van der Waals surface area contributed by atoms with Gasteiger partial charge in [-0.2, -0.15) is 0 Å². The van der Waals surface area contributed by atoms with Crippen molar-refractivity contribution < 1.29 is 9.18 Å². The summed E-state index contributed by atoms with van der Waals surface area (Å²) in [6, 6.07) is 11.9. The number of fused-ring (bicyclic) bond motifs is 1. The summed E-state index contributed by atoms with van der Waals surface area (Å²) >= 11 is 1.64. The lowest BCUT2D eigenvalue weighted by molar-refractivity contribution is -0.117. The number of carbonyl (C=O) groups excluding carboxylic acids is 1. The largest absolute Gasteiger partial charge is 0.399 e. The predicted molar refractivity (Wildman–Crippen MR) is 79.3 cm³/mol. The van der Waals surface area contributed by atoms with Crippen molar-refractivity contribution in [1.29, 1.82) is 0 Å². The first-order valence-corrected chi connectivity index (χ1v) is 7.21. The maximum Gasteiger partial charge on any atom is 0.232 e. The van der Waals surface area contributed by atoms with E-state index < -0.39 is 5.82 Å². The minimum absolute atomic E-state index is 0.129. The zero-order valence-electron chi connectivity index (χ0n) is 10.6. The molecule has 1 aliphatic rings. The number of benzene rings is 2. The second kappa shape index (κ2) is 5.17. The highest BCUT2D eigenvalue weighted by Gasteiger charge is 2.29. The fraction of sp³-hybridized carbons (Fsp3) is 0.133. The van der Waals surface area contributed by atoms with Gasteiger partial charge in [0, 0.05) is 16.3 Å². The lowest BCUT2D eigenvalue weighted by atomic mass is 10.0. The number of amides is 1. The molecule has 0 saturated carbocycles. The van der Waals surface area contributed by atoms with Gasteiger partial charge in [0.05, 0.1) is 11.6 Å². The number of hydrogen-bond donors (Lipinski definition) is 2. The number of rotatable bonds is 2. The van der Waals surface area contributed by atoms with E-state index in [1.807, 2.05) is 24.3 Å². The summed E-state index contributed by atoms with van der Waals surface area (Å²) in [6.45, 7) is 0. The van der Waals surface area contributed by atoms with Crippen molar-refractivity contribution in [2.75, 3.05) is 16.8 Å². The van der Waals surface area contributed by atoms with Gasteiger partial charge in [-0.3, -0.25) is 4.79 Å². The molecule has 5 heteroatoms. The van der Waals surface area contributed by atoms with Crippen molar-refractivity contribution in [2.24, 2.45) is 0 Å². The van der Waals surface area contributed by atoms with Crippen LogP contribution in [0.4, 0.5) is 15.8 Å². The van der Waals surface area contributed by atoms with E-state index in [1.165, 1.54) is 18.2 Å². The quantitative estimate of drug-likeness (QED) is 0.834. The van der Waals surface area contributed by atoms with Gasteiger partial charge in [-0.15, -0.1) is 11.8 Å². The van der Waals surface area contributed by atoms with Gasteiger partial charge in [0.25, 0.3) is 0 Å². The number of nitrogens with two attached hydrogens (primary N) is 1. The Hall–Kier alpha value is -2.01. The first-order valence-electron chi connectivity index (χ1n) is 6.23. The molecule has 0 radical (unpaired) electrons. The Labute approximate surface area is 120 Å². The fourth-order valence-electron chi connectivity index (χ4n) is 2.24. The van der Waals surface area contributed by atoms with Gasteiger partial charge in [0.1, 0.15) is 5.82 Å². The number of carbonyl (C=O) groups is 1. The molecule has 2 aromatic rings. The molecule has 1 unspecified atom stereocenters. The molecule has 0 bridgehead atoms. The standard InChI is InChI=1S/C15H13FN2OS/c16-12-6-5-9(17)7-13(12)18-15(19)11-8-20-14-4-2-1-3-10(11)14/h1-7,11H,8,17H2,(H,18,19). The van der Waals surface area contributed by atoms with E-state index in [1.54, 1.807) is 11.8 Å². The third kappa shape index (κ3) is 2.36. The SMILES string of the molecule is Nc1ccc(F)c(NC(=O)C2CSc3ccccc32)c1. The predicted octanol–water partition coefficient (Wildman–Crippen LogP) is 3.24. The zero-order valence-corrected chi connectivity index (χ0v) is 11.4. The Morgan fingerprint density at radius 2 is 2.10 bits per heavy atom. The second-order valence-corrected chi connectivity index (χ2v) is 5.69. The van der Waals surface area contributed by atoms with Gasteiger partial charge >= 0.3 is 0 Å². The summed E-state index contributed by atoms with van der Waals surface area (Å²) in [7, 11) is 0. The van der Waals surface area contributed by atoms with Crippen molar-refractivity contribution in [3.63, 3.8) is 0 Å². The monoisotopic (exact) mass is 288 g/mol. The number of anilines is 2. The first-order chi connectivity index (χ1) is 9.65. The van der Waals surface area contributed by atoms with Crippen LogP contribution in [-0.2, 0) is 4.79 Å². The maximum absolute atomic E-state index is 13.6. The lowest BCUT2D eigenvalue weighted by Crippen LogP contribution is -2.21. The van der Waals surface area contributed by atoms with Crippen molar-refractivity contribution in [3.8, 4) is 0 Å². The number of halogens is 1. The molecule has 1 atom stereocenters. The third-order valence-corrected chi connectivity index (χ3v) is 4.45. The molecule has 2 aromatic carbocycles. The third-order valence-electron chi connectivity index (χ3n) is 3.26. The van der Waals surface area contributed by atoms with Crippen LogP contribution in [0.1, 0.15) is 11.5 Å². The van der Waals surface area contributed by atoms with E-state index >= 15 is 0 Å². The van der Waals surface area contributed by atoms with Crippen LogP contribution < -0.4 is 11.1 Å². The summed E-state index contributed by atoms with van der Waals surface area (Å²) in [5.41, 5.74) is 7.16. The molecule has 0 spiro atoms. The van der Waals surface area contributed by atoms with E-state index in [9.17, 15) is 9.18 Å². The topological polar surface area (TPSA) is 55.1 Å². The smallest absolute Gasteiger partial charge is 0.232 e. The van der Waals surface area contributed by atoms with Gasteiger partial charge in [0.15, 0.2) is 0 Å². The molecule has 0 saturated heterocycles. The zero-order chi connectivity index (χ0) is 14.1. The molecule has 20 heavy (non-hydrogen) atoms. The summed E-state index contributed by atoms with van der Waals surface area (Å²) in [4.78, 5) is 13.4. The van der Waals surface area contributed by atoms with Crippen LogP contribution in [0.2, 0.25) is 0 Å². The fourth-order valence-corrected chi connectivity index (χ4v) is 3.47. The minimum atomic E-state index is -0.480. The van der Waals surface area contributed by atoms with E-state index in [0.717, 1.165) is 10.5 Å². The van der Waals surface area contributed by atoms with E-state index in [4.69, 9.17) is 5.73 Å². The Balaban J connectivity index is 1.83. The first kappa shape index (κ1) is 13.0. The van der Waals surface area contributed by atoms with Gasteiger partial charge in [-0.1, -0.05) is 18.2 Å². The van der Waals surface area contributed by atoms with E-state index in [2.05, 4.69) is 5.32 Å². The van der Waals surface area contributed by atoms with Crippen LogP contribution in [0.3, 0.4) is 0 Å². The number of nitrogen functional groups attached to an aromatic ring is 1. The molecule has 3 N–H and O–H groups in total. The highest BCUT2D eigenvalue weighted by Crippen LogP contribution is 2.39. The molecule has 1 amide bonds. The molecule has 0 fully saturated rings. The summed E-state index contributed by atoms with van der Waals surface area (Å²) < 4.78 is 13.6. The minimum Gasteiger partial charge on any atom is -0.399 e. The molecule has 3 rings (SSSR count). The molecule has 1 aliphatic heterocycles. The molecule has 102 valence electrons. The number of thioether (sulfide) groups is 1. The van der Waals surface area contributed by atoms with Crippen LogP contribution in [-0.4, -0.2) is 11.7 Å². The Morgan fingerprint density at radius 3 is 2.95 bits per heavy atom. The van der Waals surface area contributed by atoms with Crippen molar-refractivity contribution >= 4 is 29.0 Å². The second-order valence-electron chi connectivity index (χ2n) is 4.63. The summed E-state index contributed by atoms with van der Waals surface area (Å²) in [5, 5.41) is 2.63. The molecular formula is C15H13FN2OS. The van der Waals surface area contributed by atoms with E-state index in [-0.39, 0.29) is 17.5 Å². The van der Waals surface area contributed by atoms with Crippen molar-refractivity contribution in [1.82, 2.24) is 0 Å². The average molecular weight is 288 g/mol. The maximum atomic E-state index is 13.6.